The number of carbonyl (C=O) groups is 2. The second-order valence-electron chi connectivity index (χ2n) is 8.77. The van der Waals surface area contributed by atoms with Crippen molar-refractivity contribution < 1.29 is 14.3 Å². The van der Waals surface area contributed by atoms with E-state index in [1.54, 1.807) is 11.8 Å². The maximum Gasteiger partial charge on any atom is 0.321 e. The third kappa shape index (κ3) is 3.75. The van der Waals surface area contributed by atoms with E-state index < -0.39 is 17.9 Å². The minimum absolute atomic E-state index is 0.207. The summed E-state index contributed by atoms with van der Waals surface area (Å²) in [6, 6.07) is 23.2. The van der Waals surface area contributed by atoms with E-state index in [2.05, 4.69) is 0 Å². The van der Waals surface area contributed by atoms with Gasteiger partial charge < -0.3 is 9.30 Å². The van der Waals surface area contributed by atoms with Crippen molar-refractivity contribution in [1.82, 2.24) is 9.55 Å². The quantitative estimate of drug-likeness (QED) is 0.316. The first-order valence-corrected chi connectivity index (χ1v) is 11.5. The number of ether oxygens (including phenoxy) is 1. The highest BCUT2D eigenvalue weighted by molar-refractivity contribution is 6.08. The number of imidazole rings is 1. The number of esters is 1. The van der Waals surface area contributed by atoms with Gasteiger partial charge in [0, 0.05) is 0 Å². The van der Waals surface area contributed by atoms with Crippen molar-refractivity contribution in [3.63, 3.8) is 0 Å². The Labute approximate surface area is 198 Å². The molecule has 34 heavy (non-hydrogen) atoms. The molecule has 0 radical (unpaired) electrons. The van der Waals surface area contributed by atoms with E-state index in [1.165, 1.54) is 0 Å². The van der Waals surface area contributed by atoms with Crippen LogP contribution in [-0.4, -0.2) is 28.0 Å². The van der Waals surface area contributed by atoms with Crippen LogP contribution in [0.4, 0.5) is 5.95 Å². The van der Waals surface area contributed by atoms with Crippen molar-refractivity contribution in [3.8, 4) is 0 Å². The molecule has 5 rings (SSSR count). The minimum Gasteiger partial charge on any atom is -0.465 e. The Kier molecular flexibility index (Phi) is 5.65. The highest BCUT2D eigenvalue weighted by atomic mass is 16.5. The van der Waals surface area contributed by atoms with Crippen molar-refractivity contribution in [2.24, 2.45) is 5.92 Å². The van der Waals surface area contributed by atoms with Gasteiger partial charge >= 0.3 is 5.97 Å². The second kappa shape index (κ2) is 8.78. The number of aryl methyl sites for hydroxylation is 2. The Balaban J connectivity index is 1.73. The number of para-hydroxylation sites is 2. The smallest absolute Gasteiger partial charge is 0.321 e. The Morgan fingerprint density at radius 2 is 1.59 bits per heavy atom. The molecule has 4 aromatic rings. The Bertz CT molecular complexity index is 1360. The van der Waals surface area contributed by atoms with Crippen molar-refractivity contribution >= 4 is 28.9 Å². The molecule has 2 unspecified atom stereocenters. The molecule has 0 fully saturated rings. The predicted molar refractivity (Wildman–Crippen MR) is 132 cm³/mol. The van der Waals surface area contributed by atoms with Crippen molar-refractivity contribution in [2.75, 3.05) is 11.5 Å². The lowest BCUT2D eigenvalue weighted by Gasteiger charge is -2.38. The third-order valence-electron chi connectivity index (χ3n) is 6.37. The average molecular weight is 454 g/mol. The van der Waals surface area contributed by atoms with Gasteiger partial charge in [-0.25, -0.2) is 4.98 Å². The van der Waals surface area contributed by atoms with Crippen LogP contribution in [-0.2, 0) is 20.9 Å². The molecule has 1 aliphatic rings. The molecule has 6 heteroatoms. The molecular formula is C28H27N3O3. The SMILES string of the molecule is CCOC(=O)C1C(=O)N(Cc2ccc(C)cc2)c2nc3ccccc3n2C1c1ccc(C)cc1. The molecule has 0 spiro atoms. The van der Waals surface area contributed by atoms with E-state index in [-0.39, 0.29) is 12.5 Å². The predicted octanol–water partition coefficient (Wildman–Crippen LogP) is 4.97. The molecule has 1 aromatic heterocycles. The monoisotopic (exact) mass is 453 g/mol. The second-order valence-corrected chi connectivity index (χ2v) is 8.77. The molecule has 0 saturated heterocycles. The number of nitrogens with zero attached hydrogens (tertiary/aromatic N) is 3. The molecule has 0 aliphatic carbocycles. The summed E-state index contributed by atoms with van der Waals surface area (Å²) in [6.45, 7) is 6.32. The fraction of sp³-hybridized carbons (Fsp3) is 0.250. The summed E-state index contributed by atoms with van der Waals surface area (Å²) in [5.74, 6) is -1.29. The lowest BCUT2D eigenvalue weighted by Crippen LogP contribution is -2.49. The number of benzene rings is 3. The van der Waals surface area contributed by atoms with Crippen LogP contribution in [0.2, 0.25) is 0 Å². The van der Waals surface area contributed by atoms with Crippen LogP contribution in [0.15, 0.2) is 72.8 Å². The van der Waals surface area contributed by atoms with Crippen molar-refractivity contribution in [3.05, 3.63) is 95.1 Å². The number of hydrogen-bond donors (Lipinski definition) is 0. The van der Waals surface area contributed by atoms with Crippen LogP contribution >= 0.6 is 0 Å². The topological polar surface area (TPSA) is 64.4 Å². The Morgan fingerprint density at radius 3 is 2.26 bits per heavy atom. The summed E-state index contributed by atoms with van der Waals surface area (Å²) in [6.07, 6.45) is 0. The number of aromatic nitrogens is 2. The van der Waals surface area contributed by atoms with Crippen molar-refractivity contribution in [2.45, 2.75) is 33.4 Å². The lowest BCUT2D eigenvalue weighted by molar-refractivity contribution is -0.153. The highest BCUT2D eigenvalue weighted by Gasteiger charge is 2.47. The number of rotatable bonds is 5. The zero-order chi connectivity index (χ0) is 23.8. The summed E-state index contributed by atoms with van der Waals surface area (Å²) < 4.78 is 7.45. The van der Waals surface area contributed by atoms with Crippen LogP contribution in [0.25, 0.3) is 11.0 Å². The van der Waals surface area contributed by atoms with Gasteiger partial charge in [0.05, 0.1) is 30.2 Å². The average Bonchev–Trinajstić information content (AvgIpc) is 3.22. The summed E-state index contributed by atoms with van der Waals surface area (Å²) in [7, 11) is 0. The summed E-state index contributed by atoms with van der Waals surface area (Å²) in [4.78, 5) is 33.7. The van der Waals surface area contributed by atoms with Crippen LogP contribution in [0.1, 0.15) is 35.2 Å². The first kappa shape index (κ1) is 21.9. The van der Waals surface area contributed by atoms with E-state index in [0.717, 1.165) is 33.3 Å². The zero-order valence-corrected chi connectivity index (χ0v) is 19.6. The molecular weight excluding hydrogens is 426 g/mol. The molecule has 0 saturated carbocycles. The van der Waals surface area contributed by atoms with Crippen LogP contribution in [0, 0.1) is 19.8 Å². The number of anilines is 1. The maximum absolute atomic E-state index is 14.0. The molecule has 1 aliphatic heterocycles. The van der Waals surface area contributed by atoms with Gasteiger partial charge in [-0.05, 0) is 44.0 Å². The van der Waals surface area contributed by atoms with Gasteiger partial charge in [-0.15, -0.1) is 0 Å². The van der Waals surface area contributed by atoms with Crippen LogP contribution < -0.4 is 4.90 Å². The zero-order valence-electron chi connectivity index (χ0n) is 19.6. The highest BCUT2D eigenvalue weighted by Crippen LogP contribution is 2.41. The Morgan fingerprint density at radius 1 is 0.941 bits per heavy atom. The van der Waals surface area contributed by atoms with Gasteiger partial charge in [0.1, 0.15) is 0 Å². The number of hydrogen-bond acceptors (Lipinski definition) is 4. The van der Waals surface area contributed by atoms with Gasteiger partial charge in [0.2, 0.25) is 11.9 Å². The molecule has 0 bridgehead atoms. The summed E-state index contributed by atoms with van der Waals surface area (Å²) in [5, 5.41) is 0. The first-order valence-electron chi connectivity index (χ1n) is 11.5. The molecule has 3 aromatic carbocycles. The molecule has 2 atom stereocenters. The molecule has 6 nitrogen and oxygen atoms in total. The van der Waals surface area contributed by atoms with E-state index in [1.807, 2.05) is 91.2 Å². The van der Waals surface area contributed by atoms with Gasteiger partial charge in [0.15, 0.2) is 5.92 Å². The van der Waals surface area contributed by atoms with Gasteiger partial charge in [0.25, 0.3) is 0 Å². The van der Waals surface area contributed by atoms with Gasteiger partial charge in [-0.3, -0.25) is 14.5 Å². The first-order chi connectivity index (χ1) is 16.5. The van der Waals surface area contributed by atoms with Gasteiger partial charge in [-0.2, -0.15) is 0 Å². The number of carbonyl (C=O) groups excluding carboxylic acids is 2. The van der Waals surface area contributed by atoms with Crippen molar-refractivity contribution in [1.29, 1.82) is 0 Å². The number of amides is 1. The van der Waals surface area contributed by atoms with Crippen LogP contribution in [0.3, 0.4) is 0 Å². The van der Waals surface area contributed by atoms with Crippen LogP contribution in [0.5, 0.6) is 0 Å². The maximum atomic E-state index is 14.0. The van der Waals surface area contributed by atoms with E-state index in [4.69, 9.17) is 9.72 Å². The minimum atomic E-state index is -1.02. The molecule has 2 heterocycles. The van der Waals surface area contributed by atoms with E-state index >= 15 is 0 Å². The lowest BCUT2D eigenvalue weighted by atomic mass is 9.89. The summed E-state index contributed by atoms with van der Waals surface area (Å²) >= 11 is 0. The fourth-order valence-corrected chi connectivity index (χ4v) is 4.64. The molecule has 1 amide bonds. The third-order valence-corrected chi connectivity index (χ3v) is 6.37. The Hall–Kier alpha value is -3.93. The van der Waals surface area contributed by atoms with E-state index in [9.17, 15) is 9.59 Å². The standard InChI is InChI=1S/C28H27N3O3/c1-4-34-27(33)24-25(21-15-11-19(3)12-16-21)31-23-8-6-5-7-22(23)29-28(31)30(26(24)32)17-20-13-9-18(2)10-14-20/h5-16,24-25H,4,17H2,1-3H3. The summed E-state index contributed by atoms with van der Waals surface area (Å²) in [5.41, 5.74) is 5.74. The van der Waals surface area contributed by atoms with E-state index in [0.29, 0.717) is 12.5 Å². The number of fused-ring (bicyclic) bond motifs is 3. The normalized spacial score (nSPS) is 17.6. The van der Waals surface area contributed by atoms with Gasteiger partial charge in [-0.1, -0.05) is 71.8 Å². The largest absolute Gasteiger partial charge is 0.465 e. The molecule has 172 valence electrons. The molecule has 0 N–H and O–H groups in total. The fourth-order valence-electron chi connectivity index (χ4n) is 4.64.